The Balaban J connectivity index is 4.22. The minimum atomic E-state index is -0.653. The molecule has 0 bridgehead atoms. The Labute approximate surface area is 91.0 Å². The van der Waals surface area contributed by atoms with Crippen LogP contribution in [-0.2, 0) is 9.53 Å². The van der Waals surface area contributed by atoms with E-state index < -0.39 is 11.6 Å². The van der Waals surface area contributed by atoms with Crippen molar-refractivity contribution in [3.8, 4) is 0 Å². The lowest BCUT2D eigenvalue weighted by Crippen LogP contribution is -2.53. The minimum absolute atomic E-state index is 0.0458. The van der Waals surface area contributed by atoms with Gasteiger partial charge < -0.3 is 20.9 Å². The first-order valence-corrected chi connectivity index (χ1v) is 5.16. The molecule has 0 aromatic rings. The van der Waals surface area contributed by atoms with E-state index in [4.69, 9.17) is 15.6 Å². The number of aliphatic hydroxyl groups is 1. The fourth-order valence-corrected chi connectivity index (χ4v) is 1.22. The normalized spacial score (nSPS) is 16.9. The molecule has 15 heavy (non-hydrogen) atoms. The van der Waals surface area contributed by atoms with Crippen LogP contribution in [0, 0.1) is 0 Å². The summed E-state index contributed by atoms with van der Waals surface area (Å²) < 4.78 is 4.80. The number of methoxy groups -OCH3 is 1. The van der Waals surface area contributed by atoms with E-state index in [1.54, 1.807) is 0 Å². The summed E-state index contributed by atoms with van der Waals surface area (Å²) in [7, 11) is 1.50. The smallest absolute Gasteiger partial charge is 0.239 e. The highest BCUT2D eigenvalue weighted by atomic mass is 16.5. The first-order valence-electron chi connectivity index (χ1n) is 5.16. The van der Waals surface area contributed by atoms with E-state index >= 15 is 0 Å². The number of nitrogens with one attached hydrogen (secondary N) is 1. The molecule has 0 aliphatic heterocycles. The van der Waals surface area contributed by atoms with Gasteiger partial charge in [0.1, 0.15) is 6.04 Å². The van der Waals surface area contributed by atoms with Gasteiger partial charge in [0.15, 0.2) is 0 Å². The molecule has 0 spiro atoms. The van der Waals surface area contributed by atoms with Crippen LogP contribution in [0.2, 0.25) is 0 Å². The summed E-state index contributed by atoms with van der Waals surface area (Å²) in [5, 5.41) is 11.7. The quantitative estimate of drug-likeness (QED) is 0.544. The molecule has 5 heteroatoms. The third-order valence-electron chi connectivity index (χ3n) is 2.55. The van der Waals surface area contributed by atoms with E-state index in [1.165, 1.54) is 7.11 Å². The number of aliphatic hydroxyl groups excluding tert-OH is 1. The predicted molar refractivity (Wildman–Crippen MR) is 58.4 cm³/mol. The zero-order valence-electron chi connectivity index (χ0n) is 9.75. The van der Waals surface area contributed by atoms with Gasteiger partial charge in [0.05, 0.1) is 6.61 Å². The maximum absolute atomic E-state index is 11.6. The number of hydrogen-bond donors (Lipinski definition) is 3. The van der Waals surface area contributed by atoms with Crippen molar-refractivity contribution < 1.29 is 14.6 Å². The molecule has 0 aromatic heterocycles. The van der Waals surface area contributed by atoms with Crippen molar-refractivity contribution in [3.63, 3.8) is 0 Å². The monoisotopic (exact) mass is 218 g/mol. The van der Waals surface area contributed by atoms with Crippen LogP contribution in [0.5, 0.6) is 0 Å². The number of ether oxygens (including phenoxy) is 1. The van der Waals surface area contributed by atoms with Gasteiger partial charge in [0, 0.05) is 19.3 Å². The average molecular weight is 218 g/mol. The minimum Gasteiger partial charge on any atom is -0.396 e. The highest BCUT2D eigenvalue weighted by Crippen LogP contribution is 2.13. The lowest BCUT2D eigenvalue weighted by molar-refractivity contribution is -0.125. The van der Waals surface area contributed by atoms with Gasteiger partial charge in [0.25, 0.3) is 0 Å². The maximum Gasteiger partial charge on any atom is 0.239 e. The lowest BCUT2D eigenvalue weighted by atomic mass is 9.94. The van der Waals surface area contributed by atoms with Gasteiger partial charge in [-0.05, 0) is 19.8 Å². The number of hydrogen-bond acceptors (Lipinski definition) is 4. The van der Waals surface area contributed by atoms with Gasteiger partial charge >= 0.3 is 0 Å². The fourth-order valence-electron chi connectivity index (χ4n) is 1.22. The summed E-state index contributed by atoms with van der Waals surface area (Å²) in [5.41, 5.74) is 5.19. The largest absolute Gasteiger partial charge is 0.396 e. The van der Waals surface area contributed by atoms with Crippen LogP contribution >= 0.6 is 0 Å². The van der Waals surface area contributed by atoms with Crippen molar-refractivity contribution in [3.05, 3.63) is 0 Å². The molecule has 0 aromatic carbocycles. The second-order valence-electron chi connectivity index (χ2n) is 3.94. The Morgan fingerprint density at radius 1 is 1.67 bits per heavy atom. The number of amides is 1. The van der Waals surface area contributed by atoms with E-state index in [0.29, 0.717) is 6.42 Å². The van der Waals surface area contributed by atoms with Crippen LogP contribution in [-0.4, -0.2) is 42.9 Å². The Morgan fingerprint density at radius 2 is 2.27 bits per heavy atom. The van der Waals surface area contributed by atoms with Crippen molar-refractivity contribution in [2.24, 2.45) is 5.73 Å². The SMILES string of the molecule is CCC(C)(CCO)NC(=O)C(N)COC. The van der Waals surface area contributed by atoms with Crippen molar-refractivity contribution in [1.82, 2.24) is 5.32 Å². The standard InChI is InChI=1S/C10H22N2O3/c1-4-10(2,5-6-13)12-9(14)8(11)7-15-3/h8,13H,4-7,11H2,1-3H3,(H,12,14). The molecule has 0 rings (SSSR count). The van der Waals surface area contributed by atoms with Crippen molar-refractivity contribution in [1.29, 1.82) is 0 Å². The summed E-state index contributed by atoms with van der Waals surface area (Å²) in [6.45, 7) is 4.09. The summed E-state index contributed by atoms with van der Waals surface area (Å²) in [6.07, 6.45) is 1.27. The molecule has 0 fully saturated rings. The molecule has 0 saturated heterocycles. The number of rotatable bonds is 7. The highest BCUT2D eigenvalue weighted by molar-refractivity contribution is 5.82. The van der Waals surface area contributed by atoms with Crippen LogP contribution in [0.1, 0.15) is 26.7 Å². The summed E-state index contributed by atoms with van der Waals surface area (Å²) in [6, 6.07) is -0.653. The molecular formula is C10H22N2O3. The van der Waals surface area contributed by atoms with Gasteiger partial charge in [-0.2, -0.15) is 0 Å². The maximum atomic E-state index is 11.6. The number of nitrogens with two attached hydrogens (primary N) is 1. The van der Waals surface area contributed by atoms with E-state index in [1.807, 2.05) is 13.8 Å². The molecule has 2 unspecified atom stereocenters. The van der Waals surface area contributed by atoms with Crippen LogP contribution in [0.3, 0.4) is 0 Å². The lowest BCUT2D eigenvalue weighted by Gasteiger charge is -2.30. The fraction of sp³-hybridized carbons (Fsp3) is 0.900. The molecule has 1 amide bonds. The summed E-state index contributed by atoms with van der Waals surface area (Å²) >= 11 is 0. The van der Waals surface area contributed by atoms with E-state index in [-0.39, 0.29) is 19.1 Å². The van der Waals surface area contributed by atoms with Crippen molar-refractivity contribution in [2.45, 2.75) is 38.3 Å². The molecule has 0 aliphatic rings. The Bertz CT molecular complexity index is 199. The number of carbonyl (C=O) groups is 1. The van der Waals surface area contributed by atoms with Gasteiger partial charge in [-0.3, -0.25) is 4.79 Å². The number of carbonyl (C=O) groups excluding carboxylic acids is 1. The van der Waals surface area contributed by atoms with Gasteiger partial charge in [-0.15, -0.1) is 0 Å². The molecule has 0 aliphatic carbocycles. The summed E-state index contributed by atoms with van der Waals surface area (Å²) in [5.74, 6) is -0.241. The molecule has 2 atom stereocenters. The van der Waals surface area contributed by atoms with E-state index in [9.17, 15) is 4.79 Å². The second-order valence-corrected chi connectivity index (χ2v) is 3.94. The molecular weight excluding hydrogens is 196 g/mol. The Hall–Kier alpha value is -0.650. The van der Waals surface area contributed by atoms with Gasteiger partial charge in [0.2, 0.25) is 5.91 Å². The molecule has 0 heterocycles. The topological polar surface area (TPSA) is 84.6 Å². The third-order valence-corrected chi connectivity index (χ3v) is 2.55. The molecule has 0 saturated carbocycles. The van der Waals surface area contributed by atoms with Gasteiger partial charge in [-0.1, -0.05) is 6.92 Å². The highest BCUT2D eigenvalue weighted by Gasteiger charge is 2.26. The first kappa shape index (κ1) is 14.3. The van der Waals surface area contributed by atoms with Crippen molar-refractivity contribution in [2.75, 3.05) is 20.3 Å². The molecule has 4 N–H and O–H groups in total. The first-order chi connectivity index (χ1) is 6.99. The van der Waals surface area contributed by atoms with E-state index in [0.717, 1.165) is 6.42 Å². The molecule has 90 valence electrons. The van der Waals surface area contributed by atoms with E-state index in [2.05, 4.69) is 5.32 Å². The second kappa shape index (κ2) is 6.76. The Kier molecular flexibility index (Phi) is 6.47. The summed E-state index contributed by atoms with van der Waals surface area (Å²) in [4.78, 5) is 11.6. The van der Waals surface area contributed by atoms with Crippen molar-refractivity contribution >= 4 is 5.91 Å². The van der Waals surface area contributed by atoms with Gasteiger partial charge in [-0.25, -0.2) is 0 Å². The van der Waals surface area contributed by atoms with Crippen LogP contribution in [0.4, 0.5) is 0 Å². The van der Waals surface area contributed by atoms with Crippen LogP contribution < -0.4 is 11.1 Å². The Morgan fingerprint density at radius 3 is 2.67 bits per heavy atom. The molecule has 0 radical (unpaired) electrons. The van der Waals surface area contributed by atoms with Crippen LogP contribution in [0.15, 0.2) is 0 Å². The average Bonchev–Trinajstić information content (AvgIpc) is 2.18. The molecule has 5 nitrogen and oxygen atoms in total. The predicted octanol–water partition coefficient (Wildman–Crippen LogP) is -0.373. The zero-order chi connectivity index (χ0) is 11.9. The third kappa shape index (κ3) is 5.11. The zero-order valence-corrected chi connectivity index (χ0v) is 9.75. The van der Waals surface area contributed by atoms with Crippen LogP contribution in [0.25, 0.3) is 0 Å².